The number of piperidine rings is 1. The third kappa shape index (κ3) is 2.86. The number of rotatable bonds is 1. The molecule has 4 heteroatoms. The molecule has 1 aliphatic rings. The van der Waals surface area contributed by atoms with Crippen LogP contribution in [0.5, 0.6) is 0 Å². The molecule has 0 aromatic rings. The molecule has 0 saturated carbocycles. The van der Waals surface area contributed by atoms with Gasteiger partial charge in [0.2, 0.25) is 0 Å². The molecule has 1 saturated heterocycles. The van der Waals surface area contributed by atoms with Crippen LogP contribution in [-0.2, 0) is 9.63 Å². The van der Waals surface area contributed by atoms with Crippen molar-refractivity contribution in [3.05, 3.63) is 0 Å². The first-order chi connectivity index (χ1) is 5.18. The maximum Gasteiger partial charge on any atom is 0.322 e. The summed E-state index contributed by atoms with van der Waals surface area (Å²) >= 11 is 0. The van der Waals surface area contributed by atoms with Crippen LogP contribution in [0.15, 0.2) is 0 Å². The summed E-state index contributed by atoms with van der Waals surface area (Å²) in [4.78, 5) is 15.3. The standard InChI is InChI=1S/C7H13NO3/c1-6(9)11-8-4-2-7(10)3-5-8/h7,10H,2-5H2,1H3. The molecule has 0 radical (unpaired) electrons. The number of nitrogens with zero attached hydrogens (tertiary/aromatic N) is 1. The monoisotopic (exact) mass is 159 g/mol. The van der Waals surface area contributed by atoms with Crippen molar-refractivity contribution in [1.29, 1.82) is 0 Å². The second-order valence-electron chi connectivity index (χ2n) is 2.74. The second-order valence-corrected chi connectivity index (χ2v) is 2.74. The molecule has 0 amide bonds. The zero-order valence-corrected chi connectivity index (χ0v) is 6.62. The average Bonchev–Trinajstić information content (AvgIpc) is 1.93. The van der Waals surface area contributed by atoms with Gasteiger partial charge >= 0.3 is 5.97 Å². The molecule has 0 aromatic carbocycles. The molecule has 64 valence electrons. The summed E-state index contributed by atoms with van der Waals surface area (Å²) < 4.78 is 0. The van der Waals surface area contributed by atoms with E-state index in [1.165, 1.54) is 6.92 Å². The third-order valence-electron chi connectivity index (χ3n) is 1.68. The molecule has 0 unspecified atom stereocenters. The largest absolute Gasteiger partial charge is 0.393 e. The summed E-state index contributed by atoms with van der Waals surface area (Å²) in [5.74, 6) is -0.290. The normalized spacial score (nSPS) is 21.6. The van der Waals surface area contributed by atoms with Gasteiger partial charge in [0, 0.05) is 20.0 Å². The highest BCUT2D eigenvalue weighted by Gasteiger charge is 2.18. The minimum atomic E-state index is -0.290. The van der Waals surface area contributed by atoms with E-state index in [9.17, 15) is 4.79 Å². The molecule has 0 aliphatic carbocycles. The first-order valence-electron chi connectivity index (χ1n) is 3.80. The lowest BCUT2D eigenvalue weighted by atomic mass is 10.1. The molecule has 0 aromatic heterocycles. The van der Waals surface area contributed by atoms with E-state index in [2.05, 4.69) is 0 Å². The Bertz CT molecular complexity index is 141. The molecule has 1 N–H and O–H groups in total. The number of carbonyl (C=O) groups excluding carboxylic acids is 1. The fourth-order valence-electron chi connectivity index (χ4n) is 1.12. The topological polar surface area (TPSA) is 49.8 Å². The second kappa shape index (κ2) is 3.69. The van der Waals surface area contributed by atoms with Gasteiger partial charge in [-0.1, -0.05) is 0 Å². The number of carbonyl (C=O) groups is 1. The Balaban J connectivity index is 2.22. The van der Waals surface area contributed by atoms with E-state index in [0.717, 1.165) is 0 Å². The molecule has 1 fully saturated rings. The van der Waals surface area contributed by atoms with Crippen molar-refractivity contribution in [3.63, 3.8) is 0 Å². The Labute approximate surface area is 65.7 Å². The highest BCUT2D eigenvalue weighted by atomic mass is 16.7. The number of hydrogen-bond acceptors (Lipinski definition) is 4. The van der Waals surface area contributed by atoms with Crippen molar-refractivity contribution in [2.24, 2.45) is 0 Å². The van der Waals surface area contributed by atoms with Crippen molar-refractivity contribution in [2.75, 3.05) is 13.1 Å². The lowest BCUT2D eigenvalue weighted by Gasteiger charge is -2.27. The van der Waals surface area contributed by atoms with Gasteiger partial charge < -0.3 is 9.94 Å². The summed E-state index contributed by atoms with van der Waals surface area (Å²) in [6, 6.07) is 0. The Morgan fingerprint density at radius 1 is 1.55 bits per heavy atom. The van der Waals surface area contributed by atoms with E-state index in [0.29, 0.717) is 25.9 Å². The quantitative estimate of drug-likeness (QED) is 0.581. The summed E-state index contributed by atoms with van der Waals surface area (Å²) in [5, 5.41) is 10.7. The van der Waals surface area contributed by atoms with Crippen molar-refractivity contribution >= 4 is 5.97 Å². The van der Waals surface area contributed by atoms with Crippen LogP contribution in [0.1, 0.15) is 19.8 Å². The van der Waals surface area contributed by atoms with E-state index >= 15 is 0 Å². The van der Waals surface area contributed by atoms with Crippen LogP contribution < -0.4 is 0 Å². The van der Waals surface area contributed by atoms with Gasteiger partial charge in [0.15, 0.2) is 0 Å². The molecule has 0 atom stereocenters. The Morgan fingerprint density at radius 2 is 2.09 bits per heavy atom. The van der Waals surface area contributed by atoms with Gasteiger partial charge in [-0.2, -0.15) is 0 Å². The van der Waals surface area contributed by atoms with E-state index in [1.54, 1.807) is 5.06 Å². The van der Waals surface area contributed by atoms with Gasteiger partial charge in [-0.05, 0) is 12.8 Å². The summed E-state index contributed by atoms with van der Waals surface area (Å²) in [5.41, 5.74) is 0. The zero-order valence-electron chi connectivity index (χ0n) is 6.62. The van der Waals surface area contributed by atoms with Crippen molar-refractivity contribution in [2.45, 2.75) is 25.9 Å². The minimum Gasteiger partial charge on any atom is -0.393 e. The Morgan fingerprint density at radius 3 is 2.55 bits per heavy atom. The van der Waals surface area contributed by atoms with Gasteiger partial charge in [0.25, 0.3) is 0 Å². The number of hydroxylamine groups is 2. The van der Waals surface area contributed by atoms with Gasteiger partial charge in [-0.15, -0.1) is 5.06 Å². The van der Waals surface area contributed by atoms with Crippen molar-refractivity contribution in [3.8, 4) is 0 Å². The Hall–Kier alpha value is -0.610. The van der Waals surface area contributed by atoms with Gasteiger partial charge in [0.05, 0.1) is 6.10 Å². The smallest absolute Gasteiger partial charge is 0.322 e. The van der Waals surface area contributed by atoms with Crippen LogP contribution in [0.3, 0.4) is 0 Å². The van der Waals surface area contributed by atoms with Gasteiger partial charge in [0.1, 0.15) is 0 Å². The summed E-state index contributed by atoms with van der Waals surface area (Å²) in [7, 11) is 0. The van der Waals surface area contributed by atoms with Crippen LogP contribution in [0.25, 0.3) is 0 Å². The Kier molecular flexibility index (Phi) is 2.84. The lowest BCUT2D eigenvalue weighted by Crippen LogP contribution is -2.36. The molecule has 4 nitrogen and oxygen atoms in total. The fraction of sp³-hybridized carbons (Fsp3) is 0.857. The predicted molar refractivity (Wildman–Crippen MR) is 38.6 cm³/mol. The number of hydrogen-bond donors (Lipinski definition) is 1. The maximum atomic E-state index is 10.5. The molecule has 0 spiro atoms. The summed E-state index contributed by atoms with van der Waals surface area (Å²) in [6.45, 7) is 2.66. The highest BCUT2D eigenvalue weighted by molar-refractivity contribution is 5.65. The molecule has 1 heterocycles. The third-order valence-corrected chi connectivity index (χ3v) is 1.68. The first kappa shape index (κ1) is 8.49. The van der Waals surface area contributed by atoms with Crippen LogP contribution in [0.2, 0.25) is 0 Å². The number of aliphatic hydroxyl groups excluding tert-OH is 1. The molecular weight excluding hydrogens is 146 g/mol. The van der Waals surface area contributed by atoms with E-state index in [1.807, 2.05) is 0 Å². The van der Waals surface area contributed by atoms with Crippen LogP contribution in [0, 0.1) is 0 Å². The average molecular weight is 159 g/mol. The van der Waals surface area contributed by atoms with Crippen LogP contribution in [-0.4, -0.2) is 35.3 Å². The van der Waals surface area contributed by atoms with Crippen LogP contribution in [0.4, 0.5) is 0 Å². The zero-order chi connectivity index (χ0) is 8.27. The van der Waals surface area contributed by atoms with E-state index < -0.39 is 0 Å². The van der Waals surface area contributed by atoms with E-state index in [4.69, 9.17) is 9.94 Å². The minimum absolute atomic E-state index is 0.221. The molecule has 0 bridgehead atoms. The predicted octanol–water partition coefficient (Wildman–Crippen LogP) is -0.0788. The van der Waals surface area contributed by atoms with Gasteiger partial charge in [-0.25, -0.2) is 0 Å². The molecule has 1 aliphatic heterocycles. The highest BCUT2D eigenvalue weighted by Crippen LogP contribution is 2.09. The van der Waals surface area contributed by atoms with E-state index in [-0.39, 0.29) is 12.1 Å². The fourth-order valence-corrected chi connectivity index (χ4v) is 1.12. The van der Waals surface area contributed by atoms with Crippen molar-refractivity contribution < 1.29 is 14.7 Å². The lowest BCUT2D eigenvalue weighted by molar-refractivity contribution is -0.196. The van der Waals surface area contributed by atoms with Gasteiger partial charge in [-0.3, -0.25) is 4.79 Å². The molecule has 11 heavy (non-hydrogen) atoms. The van der Waals surface area contributed by atoms with Crippen molar-refractivity contribution in [1.82, 2.24) is 5.06 Å². The molecule has 1 rings (SSSR count). The molecular formula is C7H13NO3. The van der Waals surface area contributed by atoms with Crippen LogP contribution >= 0.6 is 0 Å². The SMILES string of the molecule is CC(=O)ON1CCC(O)CC1. The summed E-state index contributed by atoms with van der Waals surface area (Å²) in [6.07, 6.45) is 1.16. The first-order valence-corrected chi connectivity index (χ1v) is 3.80. The number of aliphatic hydroxyl groups is 1. The maximum absolute atomic E-state index is 10.5.